The van der Waals surface area contributed by atoms with Gasteiger partial charge in [-0.05, 0) is 48.7 Å². The van der Waals surface area contributed by atoms with Crippen molar-refractivity contribution >= 4 is 33.4 Å². The number of piperidine rings is 1. The Hall–Kier alpha value is -2.86. The molecule has 0 spiro atoms. The van der Waals surface area contributed by atoms with Gasteiger partial charge < -0.3 is 10.2 Å². The number of hydrogen-bond acceptors (Lipinski definition) is 4. The fourth-order valence-electron chi connectivity index (χ4n) is 5.09. The van der Waals surface area contributed by atoms with Gasteiger partial charge in [-0.2, -0.15) is 0 Å². The normalized spacial score (nSPS) is 20.7. The molecule has 1 atom stereocenters. The molecule has 3 aliphatic rings. The van der Waals surface area contributed by atoms with Crippen molar-refractivity contribution in [3.8, 4) is 0 Å². The number of aryl methyl sites for hydroxylation is 1. The Kier molecular flexibility index (Phi) is 7.80. The van der Waals surface area contributed by atoms with Crippen LogP contribution < -0.4 is 10.6 Å². The first-order valence-electron chi connectivity index (χ1n) is 12.4. The zero-order chi connectivity index (χ0) is 25.0. The minimum atomic E-state index is -0.900. The maximum absolute atomic E-state index is 12.3. The Balaban J connectivity index is 0.000000168. The molecule has 178 valence electrons. The Morgan fingerprint density at radius 1 is 0.971 bits per heavy atom. The van der Waals surface area contributed by atoms with Crippen LogP contribution >= 0.6 is 0 Å². The predicted octanol–water partition coefficient (Wildman–Crippen LogP) is 2.81. The molecule has 4 radical (unpaired) electrons. The summed E-state index contributed by atoms with van der Waals surface area (Å²) in [5.74, 6) is -0.750. The molecular formula is C27H31B2N3O3. The molecule has 1 saturated carbocycles. The Labute approximate surface area is 210 Å². The second kappa shape index (κ2) is 10.8. The summed E-state index contributed by atoms with van der Waals surface area (Å²) in [5.41, 5.74) is 3.65. The summed E-state index contributed by atoms with van der Waals surface area (Å²) in [6.07, 6.45) is 6.96. The minimum absolute atomic E-state index is 0.121. The van der Waals surface area contributed by atoms with Gasteiger partial charge in [0.15, 0.2) is 0 Å². The highest BCUT2D eigenvalue weighted by Crippen LogP contribution is 2.28. The third-order valence-corrected chi connectivity index (χ3v) is 6.98. The molecule has 2 N–H and O–H groups in total. The van der Waals surface area contributed by atoms with E-state index in [1.165, 1.54) is 32.1 Å². The highest BCUT2D eigenvalue weighted by molar-refractivity contribution is 6.39. The van der Waals surface area contributed by atoms with Crippen LogP contribution in [0.5, 0.6) is 0 Å². The molecule has 2 aliphatic heterocycles. The van der Waals surface area contributed by atoms with E-state index in [4.69, 9.17) is 15.7 Å². The summed E-state index contributed by atoms with van der Waals surface area (Å²) >= 11 is 0. The largest absolute Gasteiger partial charge is 0.322 e. The Morgan fingerprint density at radius 2 is 1.69 bits per heavy atom. The number of carbonyl (C=O) groups is 3. The van der Waals surface area contributed by atoms with E-state index < -0.39 is 11.4 Å². The second-order valence-electron chi connectivity index (χ2n) is 9.77. The van der Waals surface area contributed by atoms with Crippen LogP contribution in [0.4, 0.5) is 0 Å². The van der Waals surface area contributed by atoms with Crippen LogP contribution in [0.25, 0.3) is 0 Å². The lowest BCUT2D eigenvalue weighted by Crippen LogP contribution is -2.52. The molecule has 1 aliphatic carbocycles. The number of imide groups is 1. The van der Waals surface area contributed by atoms with Gasteiger partial charge in [0, 0.05) is 24.6 Å². The molecule has 1 unspecified atom stereocenters. The van der Waals surface area contributed by atoms with Crippen LogP contribution in [0.2, 0.25) is 0 Å². The second-order valence-corrected chi connectivity index (χ2v) is 9.77. The van der Waals surface area contributed by atoms with Crippen LogP contribution in [0.15, 0.2) is 48.5 Å². The lowest BCUT2D eigenvalue weighted by Gasteiger charge is -2.35. The molecule has 8 heteroatoms. The van der Waals surface area contributed by atoms with Gasteiger partial charge in [0.2, 0.25) is 11.8 Å². The third kappa shape index (κ3) is 6.04. The summed E-state index contributed by atoms with van der Waals surface area (Å²) in [6, 6.07) is 15.4. The number of fused-ring (bicyclic) bond motifs is 1. The number of nitrogens with one attached hydrogen (secondary N) is 2. The number of carbonyl (C=O) groups excluding carboxylic acids is 3. The molecule has 2 heterocycles. The van der Waals surface area contributed by atoms with E-state index in [0.717, 1.165) is 16.7 Å². The standard InChI is InChI=1S/C14H14N2O3.C13H17B2N/c1-8-2-3-10-9(6-8)7-16(14(10)19)11-4-5-12(17)15-13(11)18;14-13(15,11-7-3-1-4-8-11)16-12-9-5-2-6-10-12/h2-3,6,11H,4-5,7H2,1H3,(H,15,17,18);1,3-4,7-8,12,16H,2,5-6,9-10H2. The molecule has 0 aromatic heterocycles. The van der Waals surface area contributed by atoms with Crippen LogP contribution in [0, 0.1) is 6.92 Å². The van der Waals surface area contributed by atoms with Crippen molar-refractivity contribution in [1.82, 2.24) is 15.5 Å². The molecule has 2 aromatic rings. The highest BCUT2D eigenvalue weighted by Gasteiger charge is 2.38. The smallest absolute Gasteiger partial charge is 0.255 e. The van der Waals surface area contributed by atoms with Crippen molar-refractivity contribution in [1.29, 1.82) is 0 Å². The fourth-order valence-corrected chi connectivity index (χ4v) is 5.09. The molecule has 35 heavy (non-hydrogen) atoms. The third-order valence-electron chi connectivity index (χ3n) is 6.98. The van der Waals surface area contributed by atoms with E-state index in [0.29, 0.717) is 24.6 Å². The molecule has 6 nitrogen and oxygen atoms in total. The van der Waals surface area contributed by atoms with Gasteiger partial charge in [-0.1, -0.05) is 67.3 Å². The topological polar surface area (TPSA) is 78.5 Å². The summed E-state index contributed by atoms with van der Waals surface area (Å²) < 4.78 is 0. The van der Waals surface area contributed by atoms with Crippen molar-refractivity contribution < 1.29 is 14.4 Å². The SMILES string of the molecule is Cc1ccc2c(c1)CN(C1CCC(=O)NC1=O)C2=O.[B]C([B])(NC1CCCCC1)c1ccccc1. The first kappa shape index (κ1) is 25.2. The van der Waals surface area contributed by atoms with Gasteiger partial charge in [-0.3, -0.25) is 19.7 Å². The van der Waals surface area contributed by atoms with Crippen LogP contribution in [0.3, 0.4) is 0 Å². The predicted molar refractivity (Wildman–Crippen MR) is 137 cm³/mol. The number of nitrogens with zero attached hydrogens (tertiary/aromatic N) is 1. The van der Waals surface area contributed by atoms with Crippen LogP contribution in [-0.4, -0.2) is 50.4 Å². The van der Waals surface area contributed by atoms with Gasteiger partial charge in [0.1, 0.15) is 6.04 Å². The summed E-state index contributed by atoms with van der Waals surface area (Å²) in [5, 5.41) is 4.76. The quantitative estimate of drug-likeness (QED) is 0.536. The van der Waals surface area contributed by atoms with Gasteiger partial charge in [0.25, 0.3) is 5.91 Å². The van der Waals surface area contributed by atoms with E-state index in [2.05, 4.69) is 10.6 Å². The minimum Gasteiger partial charge on any atom is -0.322 e. The Morgan fingerprint density at radius 3 is 2.37 bits per heavy atom. The van der Waals surface area contributed by atoms with E-state index >= 15 is 0 Å². The van der Waals surface area contributed by atoms with E-state index in [9.17, 15) is 14.4 Å². The average Bonchev–Trinajstić information content (AvgIpc) is 3.15. The van der Waals surface area contributed by atoms with E-state index in [1.807, 2.05) is 49.4 Å². The van der Waals surface area contributed by atoms with Gasteiger partial charge in [-0.25, -0.2) is 0 Å². The van der Waals surface area contributed by atoms with E-state index in [1.54, 1.807) is 11.0 Å². The van der Waals surface area contributed by atoms with Gasteiger partial charge in [-0.15, -0.1) is 0 Å². The zero-order valence-corrected chi connectivity index (χ0v) is 20.3. The van der Waals surface area contributed by atoms with Crippen LogP contribution in [-0.2, 0) is 21.5 Å². The molecule has 1 saturated heterocycles. The zero-order valence-electron chi connectivity index (χ0n) is 20.3. The monoisotopic (exact) mass is 467 g/mol. The van der Waals surface area contributed by atoms with Crippen molar-refractivity contribution in [2.75, 3.05) is 0 Å². The summed E-state index contributed by atoms with van der Waals surface area (Å²) in [7, 11) is 12.3. The van der Waals surface area contributed by atoms with Crippen molar-refractivity contribution in [3.63, 3.8) is 0 Å². The summed E-state index contributed by atoms with van der Waals surface area (Å²) in [6.45, 7) is 2.42. The number of hydrogen-bond donors (Lipinski definition) is 2. The van der Waals surface area contributed by atoms with Crippen molar-refractivity contribution in [2.24, 2.45) is 0 Å². The van der Waals surface area contributed by atoms with Crippen molar-refractivity contribution in [2.45, 2.75) is 75.8 Å². The first-order valence-corrected chi connectivity index (χ1v) is 12.4. The molecule has 2 fully saturated rings. The lowest BCUT2D eigenvalue weighted by molar-refractivity contribution is -0.136. The lowest BCUT2D eigenvalue weighted by atomic mass is 9.57. The average molecular weight is 467 g/mol. The number of amides is 3. The molecular weight excluding hydrogens is 436 g/mol. The van der Waals surface area contributed by atoms with Gasteiger partial charge in [0.05, 0.1) is 15.7 Å². The summed E-state index contributed by atoms with van der Waals surface area (Å²) in [4.78, 5) is 36.8. The van der Waals surface area contributed by atoms with Crippen LogP contribution in [0.1, 0.15) is 72.0 Å². The Bertz CT molecular complexity index is 1080. The molecule has 0 bridgehead atoms. The molecule has 3 amide bonds. The van der Waals surface area contributed by atoms with Crippen molar-refractivity contribution in [3.05, 3.63) is 70.8 Å². The first-order chi connectivity index (χ1) is 16.7. The molecule has 5 rings (SSSR count). The molecule has 2 aromatic carbocycles. The maximum Gasteiger partial charge on any atom is 0.255 e. The maximum atomic E-state index is 12.3. The van der Waals surface area contributed by atoms with Gasteiger partial charge >= 0.3 is 0 Å². The van der Waals surface area contributed by atoms with E-state index in [-0.39, 0.29) is 24.1 Å². The number of rotatable bonds is 4. The highest BCUT2D eigenvalue weighted by atomic mass is 16.2. The fraction of sp³-hybridized carbons (Fsp3) is 0.444. The number of benzene rings is 2.